The van der Waals surface area contributed by atoms with Crippen LogP contribution < -0.4 is 5.32 Å². The van der Waals surface area contributed by atoms with Crippen LogP contribution in [0.4, 0.5) is 5.69 Å². The molecule has 0 fully saturated rings. The number of carbonyl (C=O) groups excluding carboxylic acids is 1. The maximum Gasteiger partial charge on any atom is 0.224 e. The Morgan fingerprint density at radius 3 is 2.62 bits per heavy atom. The maximum absolute atomic E-state index is 12.2. The number of aliphatic hydroxyl groups excluding tert-OH is 1. The van der Waals surface area contributed by atoms with Gasteiger partial charge < -0.3 is 10.4 Å². The van der Waals surface area contributed by atoms with Gasteiger partial charge in [0.1, 0.15) is 6.61 Å². The molecule has 1 aromatic rings. The van der Waals surface area contributed by atoms with Crippen molar-refractivity contribution < 1.29 is 9.90 Å². The highest BCUT2D eigenvalue weighted by Crippen LogP contribution is 2.28. The van der Waals surface area contributed by atoms with Gasteiger partial charge in [-0.25, -0.2) is 0 Å². The van der Waals surface area contributed by atoms with Crippen molar-refractivity contribution in [2.24, 2.45) is 11.3 Å². The van der Waals surface area contributed by atoms with Crippen molar-refractivity contribution in [3.63, 3.8) is 0 Å². The summed E-state index contributed by atoms with van der Waals surface area (Å²) in [5, 5.41) is 11.7. The van der Waals surface area contributed by atoms with E-state index in [1.54, 1.807) is 0 Å². The molecule has 0 saturated carbocycles. The molecule has 0 radical (unpaired) electrons. The molecule has 21 heavy (non-hydrogen) atoms. The van der Waals surface area contributed by atoms with Gasteiger partial charge >= 0.3 is 0 Å². The van der Waals surface area contributed by atoms with Gasteiger partial charge in [0.2, 0.25) is 5.91 Å². The molecule has 3 heteroatoms. The SMILES string of the molecule is Cc1ccc(C#CCO)c(NC(=O)CC(C)C(C)(C)C)c1. The fraction of sp³-hybridized carbons (Fsp3) is 0.500. The summed E-state index contributed by atoms with van der Waals surface area (Å²) < 4.78 is 0. The fourth-order valence-electron chi connectivity index (χ4n) is 1.79. The maximum atomic E-state index is 12.2. The molecule has 0 bridgehead atoms. The van der Waals surface area contributed by atoms with Crippen molar-refractivity contribution in [3.05, 3.63) is 29.3 Å². The monoisotopic (exact) mass is 287 g/mol. The molecule has 2 N–H and O–H groups in total. The molecule has 1 aromatic carbocycles. The lowest BCUT2D eigenvalue weighted by molar-refractivity contribution is -0.117. The van der Waals surface area contributed by atoms with Crippen LogP contribution in [0.3, 0.4) is 0 Å². The Morgan fingerprint density at radius 2 is 2.05 bits per heavy atom. The molecule has 1 atom stereocenters. The van der Waals surface area contributed by atoms with E-state index in [2.05, 4.69) is 44.9 Å². The average molecular weight is 287 g/mol. The zero-order chi connectivity index (χ0) is 16.0. The van der Waals surface area contributed by atoms with Crippen LogP contribution in [0.15, 0.2) is 18.2 Å². The second kappa shape index (κ2) is 7.28. The molecule has 0 heterocycles. The molecule has 0 spiro atoms. The van der Waals surface area contributed by atoms with Crippen LogP contribution in [-0.4, -0.2) is 17.6 Å². The van der Waals surface area contributed by atoms with Crippen LogP contribution >= 0.6 is 0 Å². The number of amides is 1. The zero-order valence-electron chi connectivity index (χ0n) is 13.6. The molecule has 0 saturated heterocycles. The molecular weight excluding hydrogens is 262 g/mol. The first-order valence-electron chi connectivity index (χ1n) is 7.24. The van der Waals surface area contributed by atoms with Crippen molar-refractivity contribution in [1.29, 1.82) is 0 Å². The second-order valence-electron chi connectivity index (χ2n) is 6.53. The summed E-state index contributed by atoms with van der Waals surface area (Å²) in [6.45, 7) is 10.3. The first kappa shape index (κ1) is 17.3. The fourth-order valence-corrected chi connectivity index (χ4v) is 1.79. The topological polar surface area (TPSA) is 49.3 Å². The third-order valence-corrected chi connectivity index (χ3v) is 3.72. The molecule has 3 nitrogen and oxygen atoms in total. The van der Waals surface area contributed by atoms with Crippen LogP contribution in [0.2, 0.25) is 0 Å². The Hall–Kier alpha value is -1.79. The van der Waals surface area contributed by atoms with Crippen molar-refractivity contribution in [2.45, 2.75) is 41.0 Å². The molecular formula is C18H25NO2. The Balaban J connectivity index is 2.87. The number of aliphatic hydroxyl groups is 1. The lowest BCUT2D eigenvalue weighted by atomic mass is 9.80. The van der Waals surface area contributed by atoms with Crippen LogP contribution in [0.1, 0.15) is 45.2 Å². The zero-order valence-corrected chi connectivity index (χ0v) is 13.6. The minimum atomic E-state index is -0.192. The van der Waals surface area contributed by atoms with Gasteiger partial charge in [-0.2, -0.15) is 0 Å². The summed E-state index contributed by atoms with van der Waals surface area (Å²) in [6, 6.07) is 5.71. The highest BCUT2D eigenvalue weighted by Gasteiger charge is 2.22. The van der Waals surface area contributed by atoms with Crippen molar-refractivity contribution >= 4 is 11.6 Å². The van der Waals surface area contributed by atoms with E-state index < -0.39 is 0 Å². The van der Waals surface area contributed by atoms with Crippen molar-refractivity contribution in [3.8, 4) is 11.8 Å². The summed E-state index contributed by atoms with van der Waals surface area (Å²) in [7, 11) is 0. The van der Waals surface area contributed by atoms with Gasteiger partial charge in [-0.15, -0.1) is 0 Å². The van der Waals surface area contributed by atoms with E-state index >= 15 is 0 Å². The van der Waals surface area contributed by atoms with Crippen LogP contribution in [0.25, 0.3) is 0 Å². The number of carbonyl (C=O) groups is 1. The minimum Gasteiger partial charge on any atom is -0.384 e. The van der Waals surface area contributed by atoms with E-state index in [1.165, 1.54) is 0 Å². The summed E-state index contributed by atoms with van der Waals surface area (Å²) in [5.74, 6) is 5.76. The predicted molar refractivity (Wildman–Crippen MR) is 87.0 cm³/mol. The Bertz CT molecular complexity index is 559. The third kappa shape index (κ3) is 5.61. The molecule has 0 aliphatic rings. The van der Waals surface area contributed by atoms with E-state index in [1.807, 2.05) is 25.1 Å². The molecule has 0 aliphatic carbocycles. The summed E-state index contributed by atoms with van der Waals surface area (Å²) >= 11 is 0. The highest BCUT2D eigenvalue weighted by molar-refractivity contribution is 5.92. The lowest BCUT2D eigenvalue weighted by Gasteiger charge is -2.26. The first-order valence-corrected chi connectivity index (χ1v) is 7.24. The van der Waals surface area contributed by atoms with E-state index in [4.69, 9.17) is 5.11 Å². The van der Waals surface area contributed by atoms with Gasteiger partial charge in [0.25, 0.3) is 0 Å². The van der Waals surface area contributed by atoms with E-state index in [-0.39, 0.29) is 23.8 Å². The van der Waals surface area contributed by atoms with Gasteiger partial charge in [0, 0.05) is 12.0 Å². The molecule has 0 aromatic heterocycles. The van der Waals surface area contributed by atoms with Crippen molar-refractivity contribution in [1.82, 2.24) is 0 Å². The number of anilines is 1. The van der Waals surface area contributed by atoms with Gasteiger partial charge in [0.15, 0.2) is 0 Å². The standard InChI is InChI=1S/C18H25NO2/c1-13-8-9-15(7-6-10-20)16(11-13)19-17(21)12-14(2)18(3,4)5/h8-9,11,14,20H,10,12H2,1-5H3,(H,19,21). The molecule has 1 rings (SSSR count). The van der Waals surface area contributed by atoms with E-state index in [0.717, 1.165) is 11.1 Å². The number of benzene rings is 1. The van der Waals surface area contributed by atoms with E-state index in [0.29, 0.717) is 12.1 Å². The Kier molecular flexibility index (Phi) is 5.99. The molecule has 0 aliphatic heterocycles. The quantitative estimate of drug-likeness (QED) is 0.838. The van der Waals surface area contributed by atoms with Gasteiger partial charge in [-0.1, -0.05) is 45.6 Å². The van der Waals surface area contributed by atoms with Gasteiger partial charge in [-0.3, -0.25) is 4.79 Å². The predicted octanol–water partition coefficient (Wildman–Crippen LogP) is 3.35. The van der Waals surface area contributed by atoms with Crippen molar-refractivity contribution in [2.75, 3.05) is 11.9 Å². The van der Waals surface area contributed by atoms with Crippen LogP contribution in [-0.2, 0) is 4.79 Å². The largest absolute Gasteiger partial charge is 0.384 e. The summed E-state index contributed by atoms with van der Waals surface area (Å²) in [5.41, 5.74) is 2.60. The smallest absolute Gasteiger partial charge is 0.224 e. The van der Waals surface area contributed by atoms with Gasteiger partial charge in [0.05, 0.1) is 5.69 Å². The minimum absolute atomic E-state index is 0.00456. The van der Waals surface area contributed by atoms with E-state index in [9.17, 15) is 4.79 Å². The molecule has 1 unspecified atom stereocenters. The summed E-state index contributed by atoms with van der Waals surface area (Å²) in [4.78, 5) is 12.2. The molecule has 1 amide bonds. The number of hydrogen-bond acceptors (Lipinski definition) is 2. The summed E-state index contributed by atoms with van der Waals surface area (Å²) in [6.07, 6.45) is 0.476. The second-order valence-corrected chi connectivity index (χ2v) is 6.53. The third-order valence-electron chi connectivity index (χ3n) is 3.72. The first-order chi connectivity index (χ1) is 9.74. The normalized spacial score (nSPS) is 12.3. The number of aryl methyl sites for hydroxylation is 1. The lowest BCUT2D eigenvalue weighted by Crippen LogP contribution is -2.24. The number of rotatable bonds is 3. The molecule has 114 valence electrons. The average Bonchev–Trinajstić information content (AvgIpc) is 2.36. The number of hydrogen-bond donors (Lipinski definition) is 2. The Labute approximate surface area is 127 Å². The number of nitrogens with one attached hydrogen (secondary N) is 1. The Morgan fingerprint density at radius 1 is 1.38 bits per heavy atom. The van der Waals surface area contributed by atoms with Crippen LogP contribution in [0.5, 0.6) is 0 Å². The van der Waals surface area contributed by atoms with Gasteiger partial charge in [-0.05, 0) is 36.0 Å². The van der Waals surface area contributed by atoms with Crippen LogP contribution in [0, 0.1) is 30.1 Å². The highest BCUT2D eigenvalue weighted by atomic mass is 16.2.